The van der Waals surface area contributed by atoms with Crippen molar-refractivity contribution >= 4 is 27.4 Å². The second-order valence-corrected chi connectivity index (χ2v) is 6.52. The van der Waals surface area contributed by atoms with Crippen LogP contribution in [0.3, 0.4) is 0 Å². The van der Waals surface area contributed by atoms with E-state index in [0.717, 1.165) is 24.7 Å². The van der Waals surface area contributed by atoms with E-state index in [4.69, 9.17) is 9.97 Å². The smallest absolute Gasteiger partial charge is 0.141 e. The van der Waals surface area contributed by atoms with E-state index >= 15 is 0 Å². The zero-order valence-electron chi connectivity index (χ0n) is 12.2. The third kappa shape index (κ3) is 2.12. The van der Waals surface area contributed by atoms with Gasteiger partial charge in [-0.1, -0.05) is 0 Å². The minimum absolute atomic E-state index is 0.612. The first-order valence-electron chi connectivity index (χ1n) is 7.18. The van der Waals surface area contributed by atoms with E-state index in [0.29, 0.717) is 5.92 Å². The van der Waals surface area contributed by atoms with E-state index in [1.807, 2.05) is 11.3 Å². The van der Waals surface area contributed by atoms with Crippen molar-refractivity contribution in [3.05, 3.63) is 16.3 Å². The number of fused-ring (bicyclic) bond motifs is 1. The summed E-state index contributed by atoms with van der Waals surface area (Å²) in [4.78, 5) is 14.6. The van der Waals surface area contributed by atoms with Crippen LogP contribution in [0.4, 0.5) is 5.82 Å². The van der Waals surface area contributed by atoms with E-state index in [1.165, 1.54) is 33.5 Å². The Morgan fingerprint density at radius 3 is 2.42 bits per heavy atom. The summed E-state index contributed by atoms with van der Waals surface area (Å²) in [5.41, 5.74) is 1.35. The number of anilines is 1. The first kappa shape index (κ1) is 12.9. The van der Waals surface area contributed by atoms with Crippen LogP contribution in [0.5, 0.6) is 0 Å². The number of thiophene rings is 1. The fourth-order valence-electron chi connectivity index (χ4n) is 2.52. The van der Waals surface area contributed by atoms with Crippen molar-refractivity contribution in [2.24, 2.45) is 0 Å². The van der Waals surface area contributed by atoms with Crippen molar-refractivity contribution in [3.63, 3.8) is 0 Å². The van der Waals surface area contributed by atoms with E-state index < -0.39 is 0 Å². The lowest BCUT2D eigenvalue weighted by molar-refractivity contribution is 0.831. The van der Waals surface area contributed by atoms with Crippen LogP contribution in [0.15, 0.2) is 0 Å². The highest BCUT2D eigenvalue weighted by atomic mass is 32.1. The Labute approximate surface area is 118 Å². The first-order chi connectivity index (χ1) is 9.15. The summed E-state index contributed by atoms with van der Waals surface area (Å²) in [7, 11) is 0. The molecule has 0 saturated heterocycles. The van der Waals surface area contributed by atoms with Gasteiger partial charge in [0.1, 0.15) is 16.5 Å². The summed E-state index contributed by atoms with van der Waals surface area (Å²) in [6.07, 6.45) is 2.51. The zero-order chi connectivity index (χ0) is 13.6. The van der Waals surface area contributed by atoms with Crippen LogP contribution in [0.2, 0.25) is 0 Å². The third-order valence-corrected chi connectivity index (χ3v) is 5.13. The van der Waals surface area contributed by atoms with Gasteiger partial charge in [-0.05, 0) is 46.1 Å². The highest BCUT2D eigenvalue weighted by Crippen LogP contribution is 2.42. The lowest BCUT2D eigenvalue weighted by Crippen LogP contribution is -2.24. The lowest BCUT2D eigenvalue weighted by atomic mass is 10.2. The molecule has 0 amide bonds. The van der Waals surface area contributed by atoms with Crippen LogP contribution in [-0.2, 0) is 0 Å². The molecular weight excluding hydrogens is 254 g/mol. The maximum Gasteiger partial charge on any atom is 0.141 e. The maximum absolute atomic E-state index is 4.90. The molecule has 102 valence electrons. The van der Waals surface area contributed by atoms with Gasteiger partial charge in [0.2, 0.25) is 0 Å². The predicted molar refractivity (Wildman–Crippen MR) is 82.4 cm³/mol. The number of nitrogens with zero attached hydrogens (tertiary/aromatic N) is 3. The van der Waals surface area contributed by atoms with Crippen molar-refractivity contribution in [3.8, 4) is 0 Å². The lowest BCUT2D eigenvalue weighted by Gasteiger charge is -2.21. The highest BCUT2D eigenvalue weighted by molar-refractivity contribution is 7.18. The molecular formula is C15H21N3S. The molecule has 4 heteroatoms. The van der Waals surface area contributed by atoms with Crippen molar-refractivity contribution in [1.82, 2.24) is 9.97 Å². The molecule has 2 aromatic rings. The van der Waals surface area contributed by atoms with Crippen LogP contribution in [0, 0.1) is 13.8 Å². The van der Waals surface area contributed by atoms with Gasteiger partial charge in [-0.3, -0.25) is 0 Å². The molecule has 2 aromatic heterocycles. The minimum atomic E-state index is 0.612. The minimum Gasteiger partial charge on any atom is -0.357 e. The van der Waals surface area contributed by atoms with Crippen molar-refractivity contribution in [2.45, 2.75) is 46.5 Å². The van der Waals surface area contributed by atoms with Crippen molar-refractivity contribution < 1.29 is 0 Å². The van der Waals surface area contributed by atoms with Gasteiger partial charge in [-0.15, -0.1) is 11.3 Å². The maximum atomic E-state index is 4.90. The van der Waals surface area contributed by atoms with Gasteiger partial charge in [0, 0.05) is 23.9 Å². The van der Waals surface area contributed by atoms with E-state index in [2.05, 4.69) is 32.6 Å². The third-order valence-electron chi connectivity index (χ3n) is 4.03. The molecule has 0 aliphatic heterocycles. The number of hydrogen-bond acceptors (Lipinski definition) is 4. The van der Waals surface area contributed by atoms with E-state index in [9.17, 15) is 0 Å². The number of aryl methyl sites for hydroxylation is 2. The van der Waals surface area contributed by atoms with Crippen LogP contribution in [0.25, 0.3) is 10.2 Å². The summed E-state index contributed by atoms with van der Waals surface area (Å²) >= 11 is 1.81. The molecule has 1 saturated carbocycles. The van der Waals surface area contributed by atoms with Crippen LogP contribution < -0.4 is 4.90 Å². The number of hydrogen-bond donors (Lipinski definition) is 0. The number of aromatic nitrogens is 2. The first-order valence-corrected chi connectivity index (χ1v) is 7.99. The molecule has 0 radical (unpaired) electrons. The van der Waals surface area contributed by atoms with Gasteiger partial charge in [0.25, 0.3) is 0 Å². The van der Waals surface area contributed by atoms with Crippen molar-refractivity contribution in [2.75, 3.05) is 18.0 Å². The van der Waals surface area contributed by atoms with Gasteiger partial charge in [0.05, 0.1) is 5.39 Å². The van der Waals surface area contributed by atoms with Gasteiger partial charge in [-0.2, -0.15) is 0 Å². The van der Waals surface area contributed by atoms with Crippen molar-refractivity contribution in [1.29, 1.82) is 0 Å². The normalized spacial score (nSPS) is 15.2. The van der Waals surface area contributed by atoms with Crippen LogP contribution in [0.1, 0.15) is 48.9 Å². The van der Waals surface area contributed by atoms with Gasteiger partial charge in [0.15, 0.2) is 0 Å². The molecule has 3 rings (SSSR count). The molecule has 1 aliphatic carbocycles. The Kier molecular flexibility index (Phi) is 3.21. The van der Waals surface area contributed by atoms with E-state index in [1.54, 1.807) is 0 Å². The molecule has 3 nitrogen and oxygen atoms in total. The molecule has 0 spiro atoms. The molecule has 0 atom stereocenters. The zero-order valence-corrected chi connectivity index (χ0v) is 13.0. The highest BCUT2D eigenvalue weighted by Gasteiger charge is 2.29. The van der Waals surface area contributed by atoms with Gasteiger partial charge < -0.3 is 4.90 Å². The molecule has 0 unspecified atom stereocenters. The largest absolute Gasteiger partial charge is 0.357 e. The molecule has 1 fully saturated rings. The topological polar surface area (TPSA) is 29.0 Å². The summed E-state index contributed by atoms with van der Waals surface area (Å²) in [5, 5.41) is 1.27. The molecule has 0 bridgehead atoms. The van der Waals surface area contributed by atoms with Crippen LogP contribution in [-0.4, -0.2) is 23.1 Å². The Hall–Kier alpha value is -1.16. The van der Waals surface area contributed by atoms with Gasteiger partial charge >= 0.3 is 0 Å². The average molecular weight is 275 g/mol. The Morgan fingerprint density at radius 1 is 1.16 bits per heavy atom. The molecule has 1 aliphatic rings. The summed E-state index contributed by atoms with van der Waals surface area (Å²) in [6.45, 7) is 10.8. The Bertz CT molecular complexity index is 609. The quantitative estimate of drug-likeness (QED) is 0.843. The standard InChI is InChI=1S/C15H21N3S/c1-5-18(6-2)14-12-9(3)10(4)19-15(12)17-13(16-14)11-7-8-11/h11H,5-8H2,1-4H3. The fraction of sp³-hybridized carbons (Fsp3) is 0.600. The average Bonchev–Trinajstić information content (AvgIpc) is 3.19. The Morgan fingerprint density at radius 2 is 1.84 bits per heavy atom. The summed E-state index contributed by atoms with van der Waals surface area (Å²) < 4.78 is 0. The van der Waals surface area contributed by atoms with E-state index in [-0.39, 0.29) is 0 Å². The molecule has 2 heterocycles. The fourth-order valence-corrected chi connectivity index (χ4v) is 3.55. The Balaban J connectivity index is 2.25. The molecule has 19 heavy (non-hydrogen) atoms. The second kappa shape index (κ2) is 4.75. The summed E-state index contributed by atoms with van der Waals surface area (Å²) in [5.74, 6) is 2.83. The monoisotopic (exact) mass is 275 g/mol. The number of rotatable bonds is 4. The molecule has 0 N–H and O–H groups in total. The van der Waals surface area contributed by atoms with Gasteiger partial charge in [-0.25, -0.2) is 9.97 Å². The second-order valence-electron chi connectivity index (χ2n) is 5.32. The van der Waals surface area contributed by atoms with Crippen LogP contribution >= 0.6 is 11.3 Å². The summed E-state index contributed by atoms with van der Waals surface area (Å²) in [6, 6.07) is 0. The molecule has 0 aromatic carbocycles. The SMILES string of the molecule is CCN(CC)c1nc(C2CC2)nc2sc(C)c(C)c12. The predicted octanol–water partition coefficient (Wildman–Crippen LogP) is 4.03.